The lowest BCUT2D eigenvalue weighted by atomic mass is 10.1. The maximum absolute atomic E-state index is 13.2. The molecule has 0 aromatic heterocycles. The van der Waals surface area contributed by atoms with Crippen LogP contribution in [0.4, 0.5) is 13.2 Å². The van der Waals surface area contributed by atoms with Crippen LogP contribution in [-0.4, -0.2) is 23.1 Å². The maximum Gasteiger partial charge on any atom is 0.416 e. The Balaban J connectivity index is 2.68. The van der Waals surface area contributed by atoms with E-state index in [0.717, 1.165) is 6.07 Å². The molecule has 0 fully saturated rings. The number of ether oxygens (including phenoxy) is 1. The minimum absolute atomic E-state index is 0.0389. The van der Waals surface area contributed by atoms with Crippen molar-refractivity contribution in [3.05, 3.63) is 29.3 Å². The predicted molar refractivity (Wildman–Crippen MR) is 85.2 cm³/mol. The molecule has 0 atom stereocenters. The van der Waals surface area contributed by atoms with Crippen LogP contribution < -0.4 is 10.1 Å². The second-order valence-electron chi connectivity index (χ2n) is 5.86. The third-order valence-electron chi connectivity index (χ3n) is 3.28. The van der Waals surface area contributed by atoms with Crippen molar-refractivity contribution in [3.63, 3.8) is 0 Å². The molecule has 0 bridgehead atoms. The van der Waals surface area contributed by atoms with E-state index in [4.69, 9.17) is 9.84 Å². The monoisotopic (exact) mass is 361 g/mol. The Labute approximate surface area is 144 Å². The molecule has 25 heavy (non-hydrogen) atoms. The second-order valence-corrected chi connectivity index (χ2v) is 5.86. The molecule has 0 radical (unpaired) electrons. The highest BCUT2D eigenvalue weighted by atomic mass is 19.4. The van der Waals surface area contributed by atoms with Gasteiger partial charge in [0.05, 0.1) is 11.7 Å². The SMILES string of the molecule is CC(C)Oc1ccc(CNC(=O)CCCCC(=O)O)c(C(F)(F)F)c1. The van der Waals surface area contributed by atoms with Gasteiger partial charge in [-0.1, -0.05) is 6.07 Å². The molecule has 0 saturated heterocycles. The lowest BCUT2D eigenvalue weighted by Crippen LogP contribution is -2.24. The van der Waals surface area contributed by atoms with Crippen molar-refractivity contribution >= 4 is 11.9 Å². The molecule has 0 aliphatic rings. The molecule has 0 aliphatic heterocycles. The smallest absolute Gasteiger partial charge is 0.416 e. The summed E-state index contributed by atoms with van der Waals surface area (Å²) in [6, 6.07) is 3.64. The van der Waals surface area contributed by atoms with Crippen LogP contribution in [0.25, 0.3) is 0 Å². The number of halogens is 3. The number of hydrogen-bond donors (Lipinski definition) is 2. The van der Waals surface area contributed by atoms with Crippen LogP contribution in [0.1, 0.15) is 50.7 Å². The van der Waals surface area contributed by atoms with Gasteiger partial charge in [0.1, 0.15) is 5.75 Å². The number of aliphatic carboxylic acids is 1. The normalized spacial score (nSPS) is 11.4. The third-order valence-corrected chi connectivity index (χ3v) is 3.28. The molecule has 0 spiro atoms. The van der Waals surface area contributed by atoms with E-state index in [0.29, 0.717) is 12.8 Å². The second kappa shape index (κ2) is 9.29. The summed E-state index contributed by atoms with van der Waals surface area (Å²) >= 11 is 0. The topological polar surface area (TPSA) is 75.6 Å². The molecule has 2 N–H and O–H groups in total. The van der Waals surface area contributed by atoms with E-state index in [9.17, 15) is 22.8 Å². The number of carboxylic acid groups (broad SMARTS) is 1. The van der Waals surface area contributed by atoms with Gasteiger partial charge in [-0.25, -0.2) is 0 Å². The van der Waals surface area contributed by atoms with Crippen LogP contribution >= 0.6 is 0 Å². The first-order valence-electron chi connectivity index (χ1n) is 7.95. The number of hydrogen-bond acceptors (Lipinski definition) is 3. The Morgan fingerprint density at radius 3 is 2.40 bits per heavy atom. The number of alkyl halides is 3. The Kier molecular flexibility index (Phi) is 7.73. The van der Waals surface area contributed by atoms with Gasteiger partial charge in [0.15, 0.2) is 0 Å². The molecule has 1 rings (SSSR count). The highest BCUT2D eigenvalue weighted by molar-refractivity contribution is 5.76. The number of unbranched alkanes of at least 4 members (excludes halogenated alkanes) is 1. The van der Waals surface area contributed by atoms with Crippen molar-refractivity contribution in [1.29, 1.82) is 0 Å². The molecule has 1 aromatic carbocycles. The number of rotatable bonds is 9. The van der Waals surface area contributed by atoms with E-state index in [1.54, 1.807) is 13.8 Å². The Hall–Kier alpha value is -2.25. The zero-order valence-electron chi connectivity index (χ0n) is 14.2. The minimum atomic E-state index is -4.56. The third kappa shape index (κ3) is 7.91. The van der Waals surface area contributed by atoms with E-state index in [1.165, 1.54) is 12.1 Å². The van der Waals surface area contributed by atoms with Crippen LogP contribution in [0, 0.1) is 0 Å². The number of carbonyl (C=O) groups excluding carboxylic acids is 1. The van der Waals surface area contributed by atoms with Gasteiger partial charge in [-0.2, -0.15) is 13.2 Å². The van der Waals surface area contributed by atoms with E-state index >= 15 is 0 Å². The fourth-order valence-corrected chi connectivity index (χ4v) is 2.16. The van der Waals surface area contributed by atoms with E-state index in [1.807, 2.05) is 0 Å². The lowest BCUT2D eigenvalue weighted by molar-refractivity contribution is -0.138. The standard InChI is InChI=1S/C17H22F3NO4/c1-11(2)25-13-8-7-12(14(9-13)17(18,19)20)10-21-15(22)5-3-4-6-16(23)24/h7-9,11H,3-6,10H2,1-2H3,(H,21,22)(H,23,24). The summed E-state index contributed by atoms with van der Waals surface area (Å²) in [6.07, 6.45) is -4.06. The average Bonchev–Trinajstić information content (AvgIpc) is 2.48. The maximum atomic E-state index is 13.2. The summed E-state index contributed by atoms with van der Waals surface area (Å²) in [5, 5.41) is 10.9. The van der Waals surface area contributed by atoms with Gasteiger partial charge in [-0.05, 0) is 44.4 Å². The number of carboxylic acids is 1. The molecule has 5 nitrogen and oxygen atoms in total. The van der Waals surface area contributed by atoms with Crippen molar-refractivity contribution in [1.82, 2.24) is 5.32 Å². The zero-order chi connectivity index (χ0) is 19.0. The van der Waals surface area contributed by atoms with Gasteiger partial charge < -0.3 is 15.2 Å². The van der Waals surface area contributed by atoms with Crippen molar-refractivity contribution < 1.29 is 32.6 Å². The summed E-state index contributed by atoms with van der Waals surface area (Å²) in [6.45, 7) is 3.17. The summed E-state index contributed by atoms with van der Waals surface area (Å²) in [4.78, 5) is 22.0. The zero-order valence-corrected chi connectivity index (χ0v) is 14.2. The van der Waals surface area contributed by atoms with E-state index in [2.05, 4.69) is 5.32 Å². The number of carbonyl (C=O) groups is 2. The number of nitrogens with one attached hydrogen (secondary N) is 1. The predicted octanol–water partition coefficient (Wildman–Crippen LogP) is 3.75. The highest BCUT2D eigenvalue weighted by Gasteiger charge is 2.33. The largest absolute Gasteiger partial charge is 0.491 e. The molecular weight excluding hydrogens is 339 g/mol. The molecule has 1 amide bonds. The van der Waals surface area contributed by atoms with Gasteiger partial charge >= 0.3 is 12.1 Å². The van der Waals surface area contributed by atoms with Crippen molar-refractivity contribution in [2.45, 2.75) is 58.4 Å². The molecular formula is C17H22F3NO4. The summed E-state index contributed by atoms with van der Waals surface area (Å²) in [5.41, 5.74) is -0.903. The molecule has 0 saturated carbocycles. The van der Waals surface area contributed by atoms with Crippen molar-refractivity contribution in [2.24, 2.45) is 0 Å². The minimum Gasteiger partial charge on any atom is -0.491 e. The Morgan fingerprint density at radius 1 is 1.20 bits per heavy atom. The van der Waals surface area contributed by atoms with Gasteiger partial charge in [0.2, 0.25) is 5.91 Å². The quantitative estimate of drug-likeness (QED) is 0.657. The average molecular weight is 361 g/mol. The van der Waals surface area contributed by atoms with Crippen LogP contribution in [-0.2, 0) is 22.3 Å². The first kappa shape index (κ1) is 20.8. The lowest BCUT2D eigenvalue weighted by Gasteiger charge is -2.17. The molecule has 0 aliphatic carbocycles. The van der Waals surface area contributed by atoms with Crippen LogP contribution in [0.2, 0.25) is 0 Å². The Morgan fingerprint density at radius 2 is 1.84 bits per heavy atom. The highest BCUT2D eigenvalue weighted by Crippen LogP contribution is 2.34. The number of amides is 1. The van der Waals surface area contributed by atoms with Crippen molar-refractivity contribution in [3.8, 4) is 5.75 Å². The summed E-state index contributed by atoms with van der Waals surface area (Å²) < 4.78 is 44.9. The summed E-state index contributed by atoms with van der Waals surface area (Å²) in [5.74, 6) is -1.24. The fourth-order valence-electron chi connectivity index (χ4n) is 2.16. The first-order valence-corrected chi connectivity index (χ1v) is 7.95. The number of benzene rings is 1. The Bertz CT molecular complexity index is 600. The van der Waals surface area contributed by atoms with Gasteiger partial charge in [0.25, 0.3) is 0 Å². The molecule has 8 heteroatoms. The van der Waals surface area contributed by atoms with E-state index in [-0.39, 0.29) is 36.8 Å². The van der Waals surface area contributed by atoms with Gasteiger partial charge in [-0.3, -0.25) is 9.59 Å². The van der Waals surface area contributed by atoms with Crippen LogP contribution in [0.15, 0.2) is 18.2 Å². The first-order chi connectivity index (χ1) is 11.6. The molecule has 1 aromatic rings. The molecule has 140 valence electrons. The molecule has 0 unspecified atom stereocenters. The van der Waals surface area contributed by atoms with Gasteiger partial charge in [-0.15, -0.1) is 0 Å². The van der Waals surface area contributed by atoms with Gasteiger partial charge in [0, 0.05) is 19.4 Å². The van der Waals surface area contributed by atoms with Crippen LogP contribution in [0.3, 0.4) is 0 Å². The van der Waals surface area contributed by atoms with Crippen molar-refractivity contribution in [2.75, 3.05) is 0 Å². The fraction of sp³-hybridized carbons (Fsp3) is 0.529. The molecule has 0 heterocycles. The van der Waals surface area contributed by atoms with E-state index < -0.39 is 23.6 Å². The van der Waals surface area contributed by atoms with Crippen LogP contribution in [0.5, 0.6) is 5.75 Å². The summed E-state index contributed by atoms with van der Waals surface area (Å²) in [7, 11) is 0.